The standard InChI is InChI=1S/C19H27N3O4/c1-22(2)11-5-9-20-16-17(19(24)18(16)23)21-10-8-13-6-7-14(25-3)15(12-13)26-4/h6-7,12,20-21H,5,8-11H2,1-4H3. The van der Waals surface area contributed by atoms with E-state index in [0.717, 1.165) is 18.5 Å². The molecule has 0 aromatic heterocycles. The minimum atomic E-state index is -0.451. The maximum absolute atomic E-state index is 11.8. The van der Waals surface area contributed by atoms with Crippen molar-refractivity contribution in [1.29, 1.82) is 0 Å². The molecule has 2 aromatic rings. The molecule has 0 unspecified atom stereocenters. The van der Waals surface area contributed by atoms with E-state index < -0.39 is 10.9 Å². The van der Waals surface area contributed by atoms with Gasteiger partial charge in [-0.1, -0.05) is 6.07 Å². The van der Waals surface area contributed by atoms with Crippen LogP contribution in [0.25, 0.3) is 0 Å². The van der Waals surface area contributed by atoms with Crippen LogP contribution in [0.3, 0.4) is 0 Å². The van der Waals surface area contributed by atoms with Crippen LogP contribution in [0.2, 0.25) is 0 Å². The summed E-state index contributed by atoms with van der Waals surface area (Å²) in [6.07, 6.45) is 1.59. The van der Waals surface area contributed by atoms with Gasteiger partial charge in [0.05, 0.1) is 14.2 Å². The minimum absolute atomic E-state index is 0.389. The summed E-state index contributed by atoms with van der Waals surface area (Å²) in [6, 6.07) is 5.71. The van der Waals surface area contributed by atoms with Crippen molar-refractivity contribution in [2.45, 2.75) is 12.8 Å². The van der Waals surface area contributed by atoms with Gasteiger partial charge >= 0.3 is 0 Å². The van der Waals surface area contributed by atoms with E-state index in [0.29, 0.717) is 42.4 Å². The lowest BCUT2D eigenvalue weighted by Gasteiger charge is -2.16. The highest BCUT2D eigenvalue weighted by molar-refractivity contribution is 5.73. The molecule has 0 amide bonds. The number of benzene rings is 1. The Hall–Kier alpha value is -2.54. The van der Waals surface area contributed by atoms with Crippen LogP contribution >= 0.6 is 0 Å². The van der Waals surface area contributed by atoms with Gasteiger partial charge in [0, 0.05) is 13.1 Å². The van der Waals surface area contributed by atoms with Gasteiger partial charge in [0.25, 0.3) is 10.9 Å². The fraction of sp³-hybridized carbons (Fsp3) is 0.474. The number of hydrogen-bond donors (Lipinski definition) is 2. The first-order chi connectivity index (χ1) is 12.5. The Morgan fingerprint density at radius 3 is 2.12 bits per heavy atom. The third-order valence-corrected chi connectivity index (χ3v) is 4.16. The van der Waals surface area contributed by atoms with E-state index in [1.165, 1.54) is 0 Å². The summed E-state index contributed by atoms with van der Waals surface area (Å²) in [4.78, 5) is 25.6. The monoisotopic (exact) mass is 361 g/mol. The van der Waals surface area contributed by atoms with E-state index in [1.54, 1.807) is 14.2 Å². The molecule has 0 saturated heterocycles. The molecule has 0 spiro atoms. The Labute approximate surface area is 153 Å². The average molecular weight is 361 g/mol. The van der Waals surface area contributed by atoms with Crippen LogP contribution in [0, 0.1) is 0 Å². The van der Waals surface area contributed by atoms with Crippen molar-refractivity contribution in [3.8, 4) is 11.5 Å². The lowest BCUT2D eigenvalue weighted by molar-refractivity contribution is 0.354. The van der Waals surface area contributed by atoms with Gasteiger partial charge in [-0.2, -0.15) is 0 Å². The van der Waals surface area contributed by atoms with Crippen molar-refractivity contribution in [2.75, 3.05) is 58.6 Å². The molecule has 142 valence electrons. The first-order valence-electron chi connectivity index (χ1n) is 8.64. The van der Waals surface area contributed by atoms with Crippen molar-refractivity contribution in [2.24, 2.45) is 0 Å². The molecule has 0 heterocycles. The van der Waals surface area contributed by atoms with Gasteiger partial charge in [-0.15, -0.1) is 0 Å². The molecule has 7 heteroatoms. The van der Waals surface area contributed by atoms with Crippen LogP contribution in [-0.2, 0) is 6.42 Å². The Balaban J connectivity index is 1.89. The zero-order valence-corrected chi connectivity index (χ0v) is 15.8. The second-order valence-electron chi connectivity index (χ2n) is 6.36. The molecular weight excluding hydrogens is 334 g/mol. The molecule has 2 N–H and O–H groups in total. The van der Waals surface area contributed by atoms with E-state index in [4.69, 9.17) is 9.47 Å². The van der Waals surface area contributed by atoms with Crippen molar-refractivity contribution >= 4 is 11.4 Å². The quantitative estimate of drug-likeness (QED) is 0.461. The SMILES string of the molecule is COc1ccc(CCNc2c(NCCCN(C)C)c(=O)c2=O)cc1OC. The Bertz CT molecular complexity index is 795. The maximum atomic E-state index is 11.8. The third kappa shape index (κ3) is 4.76. The zero-order chi connectivity index (χ0) is 19.1. The molecule has 0 radical (unpaired) electrons. The molecule has 0 fully saturated rings. The molecular formula is C19H27N3O4. The first-order valence-corrected chi connectivity index (χ1v) is 8.64. The van der Waals surface area contributed by atoms with Gasteiger partial charge in [0.15, 0.2) is 11.5 Å². The van der Waals surface area contributed by atoms with Gasteiger partial charge < -0.3 is 25.0 Å². The van der Waals surface area contributed by atoms with Crippen LogP contribution in [-0.4, -0.2) is 52.8 Å². The molecule has 0 saturated carbocycles. The number of anilines is 2. The molecule has 2 rings (SSSR count). The van der Waals surface area contributed by atoms with E-state index >= 15 is 0 Å². The fourth-order valence-corrected chi connectivity index (χ4v) is 2.71. The topological polar surface area (TPSA) is 79.9 Å². The highest BCUT2D eigenvalue weighted by Crippen LogP contribution is 2.27. The second kappa shape index (κ2) is 9.24. The molecule has 0 aliphatic carbocycles. The third-order valence-electron chi connectivity index (χ3n) is 4.16. The highest BCUT2D eigenvalue weighted by Gasteiger charge is 2.20. The number of nitrogens with zero attached hydrogens (tertiary/aromatic N) is 1. The van der Waals surface area contributed by atoms with Crippen LogP contribution in [0.5, 0.6) is 11.5 Å². The van der Waals surface area contributed by atoms with E-state index in [2.05, 4.69) is 15.5 Å². The second-order valence-corrected chi connectivity index (χ2v) is 6.36. The smallest absolute Gasteiger partial charge is 0.253 e. The van der Waals surface area contributed by atoms with Gasteiger partial charge in [0.2, 0.25) is 0 Å². The number of ether oxygens (including phenoxy) is 2. The Morgan fingerprint density at radius 2 is 1.54 bits per heavy atom. The van der Waals surface area contributed by atoms with Crippen molar-refractivity contribution < 1.29 is 9.47 Å². The summed E-state index contributed by atoms with van der Waals surface area (Å²) in [7, 11) is 7.19. The van der Waals surface area contributed by atoms with Crippen LogP contribution in [0.4, 0.5) is 11.4 Å². The minimum Gasteiger partial charge on any atom is -0.493 e. The Kier molecular flexibility index (Phi) is 7.03. The van der Waals surface area contributed by atoms with Crippen molar-refractivity contribution in [3.63, 3.8) is 0 Å². The normalized spacial score (nSPS) is 11.0. The predicted molar refractivity (Wildman–Crippen MR) is 105 cm³/mol. The molecule has 0 aliphatic rings. The predicted octanol–water partition coefficient (Wildman–Crippen LogP) is 1.32. The Morgan fingerprint density at radius 1 is 0.923 bits per heavy atom. The highest BCUT2D eigenvalue weighted by atomic mass is 16.5. The number of hydrogen-bond acceptors (Lipinski definition) is 7. The number of rotatable bonds is 11. The van der Waals surface area contributed by atoms with Crippen LogP contribution in [0.1, 0.15) is 12.0 Å². The molecule has 0 aliphatic heterocycles. The maximum Gasteiger partial charge on any atom is 0.253 e. The summed E-state index contributed by atoms with van der Waals surface area (Å²) >= 11 is 0. The van der Waals surface area contributed by atoms with Crippen LogP contribution < -0.4 is 31.0 Å². The average Bonchev–Trinajstić information content (AvgIpc) is 2.65. The van der Waals surface area contributed by atoms with Crippen molar-refractivity contribution in [1.82, 2.24) is 4.90 Å². The summed E-state index contributed by atoms with van der Waals surface area (Å²) in [5.74, 6) is 1.35. The lowest BCUT2D eigenvalue weighted by Crippen LogP contribution is -2.38. The van der Waals surface area contributed by atoms with E-state index in [9.17, 15) is 9.59 Å². The molecule has 0 bridgehead atoms. The number of nitrogens with one attached hydrogen (secondary N) is 2. The first kappa shape index (κ1) is 19.8. The summed E-state index contributed by atoms with van der Waals surface area (Å²) in [5.41, 5.74) is 0.951. The molecule has 26 heavy (non-hydrogen) atoms. The van der Waals surface area contributed by atoms with Crippen molar-refractivity contribution in [3.05, 3.63) is 44.2 Å². The molecule has 2 aromatic carbocycles. The number of methoxy groups -OCH3 is 2. The van der Waals surface area contributed by atoms with Gasteiger partial charge in [0.1, 0.15) is 11.4 Å². The molecule has 7 nitrogen and oxygen atoms in total. The largest absolute Gasteiger partial charge is 0.493 e. The fourth-order valence-electron chi connectivity index (χ4n) is 2.71. The zero-order valence-electron chi connectivity index (χ0n) is 15.8. The summed E-state index contributed by atoms with van der Waals surface area (Å²) in [6.45, 7) is 2.13. The lowest BCUT2D eigenvalue weighted by atomic mass is 10.1. The van der Waals surface area contributed by atoms with E-state index in [-0.39, 0.29) is 0 Å². The van der Waals surface area contributed by atoms with Gasteiger partial charge in [-0.05, 0) is 51.2 Å². The van der Waals surface area contributed by atoms with Crippen LogP contribution in [0.15, 0.2) is 27.8 Å². The summed E-state index contributed by atoms with van der Waals surface area (Å²) in [5, 5.41) is 6.15. The van der Waals surface area contributed by atoms with Gasteiger partial charge in [-0.25, -0.2) is 0 Å². The van der Waals surface area contributed by atoms with Gasteiger partial charge in [-0.3, -0.25) is 9.59 Å². The summed E-state index contributed by atoms with van der Waals surface area (Å²) < 4.78 is 10.5. The van der Waals surface area contributed by atoms with E-state index in [1.807, 2.05) is 32.3 Å². The molecule has 0 atom stereocenters.